The molecule has 0 spiro atoms. The van der Waals surface area contributed by atoms with Crippen LogP contribution in [0.2, 0.25) is 0 Å². The number of carbonyl (C=O) groups is 1. The van der Waals surface area contributed by atoms with Gasteiger partial charge in [-0.05, 0) is 99.8 Å². The van der Waals surface area contributed by atoms with Crippen LogP contribution in [0.15, 0.2) is 30.1 Å². The first-order valence-corrected chi connectivity index (χ1v) is 10.9. The zero-order chi connectivity index (χ0) is 21.5. The van der Waals surface area contributed by atoms with Crippen molar-refractivity contribution in [2.24, 2.45) is 11.8 Å². The molecule has 2 aliphatic rings. The van der Waals surface area contributed by atoms with E-state index in [1.807, 2.05) is 0 Å². The summed E-state index contributed by atoms with van der Waals surface area (Å²) in [4.78, 5) is 12.5. The smallest absolute Gasteiger partial charge is 0.309 e. The van der Waals surface area contributed by atoms with E-state index in [1.165, 1.54) is 24.3 Å². The van der Waals surface area contributed by atoms with Crippen LogP contribution < -0.4 is 0 Å². The Kier molecular flexibility index (Phi) is 7.95. The topological polar surface area (TPSA) is 50.1 Å². The van der Waals surface area contributed by atoms with Gasteiger partial charge in [-0.25, -0.2) is 8.78 Å². The molecule has 0 aromatic heterocycles. The molecule has 0 atom stereocenters. The number of hydrogen-bond donors (Lipinski definition) is 0. The van der Waals surface area contributed by atoms with Crippen molar-refractivity contribution in [2.75, 3.05) is 0 Å². The lowest BCUT2D eigenvalue weighted by molar-refractivity contribution is -0.157. The Labute approximate surface area is 175 Å². The van der Waals surface area contributed by atoms with Gasteiger partial charge in [0.25, 0.3) is 0 Å². The SMILES string of the molecule is N#CC(F)=CCC[C@H]1CC[C@H](C(=O)O[C@H]2CC[C@H](c3ccc(F)c(F)c3)CC2)CC1. The van der Waals surface area contributed by atoms with Crippen molar-refractivity contribution in [3.8, 4) is 6.07 Å². The van der Waals surface area contributed by atoms with Gasteiger partial charge in [0.2, 0.25) is 0 Å². The number of halogens is 3. The van der Waals surface area contributed by atoms with Gasteiger partial charge in [0.1, 0.15) is 12.2 Å². The minimum absolute atomic E-state index is 0.0726. The van der Waals surface area contributed by atoms with Crippen LogP contribution in [0.5, 0.6) is 0 Å². The second kappa shape index (κ2) is 10.7. The third-order valence-corrected chi connectivity index (χ3v) is 6.56. The van der Waals surface area contributed by atoms with E-state index in [9.17, 15) is 18.0 Å². The summed E-state index contributed by atoms with van der Waals surface area (Å²) >= 11 is 0. The van der Waals surface area contributed by atoms with Gasteiger partial charge in [0.15, 0.2) is 17.5 Å². The largest absolute Gasteiger partial charge is 0.462 e. The zero-order valence-corrected chi connectivity index (χ0v) is 17.1. The van der Waals surface area contributed by atoms with Crippen molar-refractivity contribution >= 4 is 5.97 Å². The van der Waals surface area contributed by atoms with E-state index in [0.29, 0.717) is 12.3 Å². The van der Waals surface area contributed by atoms with E-state index in [1.54, 1.807) is 6.07 Å². The molecule has 0 amide bonds. The Morgan fingerprint density at radius 1 is 1.07 bits per heavy atom. The van der Waals surface area contributed by atoms with Gasteiger partial charge in [-0.3, -0.25) is 4.79 Å². The normalized spacial score (nSPS) is 27.3. The summed E-state index contributed by atoms with van der Waals surface area (Å²) in [6, 6.07) is 5.56. The fraction of sp³-hybridized carbons (Fsp3) is 0.583. The van der Waals surface area contributed by atoms with Crippen molar-refractivity contribution in [2.45, 2.75) is 76.2 Å². The molecule has 162 valence electrons. The number of hydrogen-bond acceptors (Lipinski definition) is 3. The first-order valence-electron chi connectivity index (χ1n) is 10.9. The van der Waals surface area contributed by atoms with Gasteiger partial charge < -0.3 is 4.74 Å². The maximum absolute atomic E-state index is 13.5. The molecule has 0 aliphatic heterocycles. The number of benzene rings is 1. The Bertz CT molecular complexity index is 801. The van der Waals surface area contributed by atoms with Crippen molar-refractivity contribution in [3.05, 3.63) is 47.3 Å². The van der Waals surface area contributed by atoms with Crippen molar-refractivity contribution < 1.29 is 22.7 Å². The number of carbonyl (C=O) groups excluding carboxylic acids is 1. The fourth-order valence-electron chi connectivity index (χ4n) is 4.72. The average Bonchev–Trinajstić information content (AvgIpc) is 2.76. The number of ether oxygens (including phenoxy) is 1. The van der Waals surface area contributed by atoms with Gasteiger partial charge in [-0.1, -0.05) is 6.07 Å². The molecule has 2 saturated carbocycles. The second-order valence-corrected chi connectivity index (χ2v) is 8.54. The molecule has 3 rings (SSSR count). The Morgan fingerprint density at radius 3 is 2.40 bits per heavy atom. The van der Waals surface area contributed by atoms with Crippen LogP contribution in [0.3, 0.4) is 0 Å². The molecule has 0 radical (unpaired) electrons. The standard InChI is InChI=1S/C24H28F3NO2/c25-20(15-28)3-1-2-16-4-6-18(7-5-16)24(29)30-21-11-8-17(9-12-21)19-10-13-22(26)23(27)14-19/h3,10,13-14,16-18,21H,1-2,4-9,11-12H2/t16-,17-,18-,21-. The van der Waals surface area contributed by atoms with Crippen LogP contribution in [0.1, 0.15) is 75.7 Å². The van der Waals surface area contributed by atoms with E-state index in [4.69, 9.17) is 10.00 Å². The number of allylic oxidation sites excluding steroid dienone is 2. The maximum Gasteiger partial charge on any atom is 0.309 e. The molecule has 0 unspecified atom stereocenters. The van der Waals surface area contributed by atoms with Crippen LogP contribution >= 0.6 is 0 Å². The summed E-state index contributed by atoms with van der Waals surface area (Å²) in [7, 11) is 0. The van der Waals surface area contributed by atoms with Crippen LogP contribution in [0, 0.1) is 34.8 Å². The van der Waals surface area contributed by atoms with E-state index in [-0.39, 0.29) is 23.9 Å². The predicted octanol–water partition coefficient (Wildman–Crippen LogP) is 6.50. The highest BCUT2D eigenvalue weighted by Crippen LogP contribution is 2.36. The number of rotatable bonds is 6. The van der Waals surface area contributed by atoms with E-state index < -0.39 is 17.5 Å². The minimum Gasteiger partial charge on any atom is -0.462 e. The summed E-state index contributed by atoms with van der Waals surface area (Å²) < 4.78 is 45.2. The van der Waals surface area contributed by atoms with Crippen molar-refractivity contribution in [3.63, 3.8) is 0 Å². The predicted molar refractivity (Wildman–Crippen MR) is 107 cm³/mol. The minimum atomic E-state index is -0.832. The summed E-state index contributed by atoms with van der Waals surface area (Å²) in [5.74, 6) is -1.94. The summed E-state index contributed by atoms with van der Waals surface area (Å²) in [5, 5.41) is 8.42. The van der Waals surface area contributed by atoms with Gasteiger partial charge >= 0.3 is 5.97 Å². The molecule has 0 saturated heterocycles. The Balaban J connectivity index is 1.38. The molecule has 1 aromatic rings. The lowest BCUT2D eigenvalue weighted by Crippen LogP contribution is -2.29. The highest BCUT2D eigenvalue weighted by molar-refractivity contribution is 5.72. The second-order valence-electron chi connectivity index (χ2n) is 8.54. The van der Waals surface area contributed by atoms with E-state index in [2.05, 4.69) is 0 Å². The van der Waals surface area contributed by atoms with Gasteiger partial charge in [-0.2, -0.15) is 9.65 Å². The van der Waals surface area contributed by atoms with Gasteiger partial charge in [0.05, 0.1) is 5.92 Å². The molecule has 2 aliphatic carbocycles. The summed E-state index contributed by atoms with van der Waals surface area (Å²) in [5.41, 5.74) is 0.807. The molecule has 3 nitrogen and oxygen atoms in total. The monoisotopic (exact) mass is 419 g/mol. The first kappa shape index (κ1) is 22.4. The number of nitriles is 1. The average molecular weight is 419 g/mol. The third-order valence-electron chi connectivity index (χ3n) is 6.56. The molecule has 0 N–H and O–H groups in total. The molecule has 6 heteroatoms. The number of nitrogens with zero attached hydrogens (tertiary/aromatic N) is 1. The summed E-state index contributed by atoms with van der Waals surface area (Å²) in [6.45, 7) is 0. The van der Waals surface area contributed by atoms with Crippen LogP contribution in [-0.4, -0.2) is 12.1 Å². The van der Waals surface area contributed by atoms with Crippen molar-refractivity contribution in [1.29, 1.82) is 5.26 Å². The molecular weight excluding hydrogens is 391 g/mol. The molecule has 1 aromatic carbocycles. The third kappa shape index (κ3) is 6.10. The molecule has 30 heavy (non-hydrogen) atoms. The zero-order valence-electron chi connectivity index (χ0n) is 17.1. The lowest BCUT2D eigenvalue weighted by Gasteiger charge is -2.31. The quantitative estimate of drug-likeness (QED) is 0.391. The molecule has 0 bridgehead atoms. The van der Waals surface area contributed by atoms with Crippen LogP contribution in [0.4, 0.5) is 13.2 Å². The Hall–Kier alpha value is -2.29. The van der Waals surface area contributed by atoms with Gasteiger partial charge in [0, 0.05) is 0 Å². The van der Waals surface area contributed by atoms with E-state index in [0.717, 1.165) is 63.4 Å². The Morgan fingerprint density at radius 2 is 1.77 bits per heavy atom. The molecule has 0 heterocycles. The first-order chi connectivity index (χ1) is 14.5. The van der Waals surface area contributed by atoms with Crippen molar-refractivity contribution in [1.82, 2.24) is 0 Å². The highest BCUT2D eigenvalue weighted by atomic mass is 19.2. The highest BCUT2D eigenvalue weighted by Gasteiger charge is 2.31. The number of esters is 1. The lowest BCUT2D eigenvalue weighted by atomic mass is 9.79. The van der Waals surface area contributed by atoms with Gasteiger partial charge in [-0.15, -0.1) is 0 Å². The molecular formula is C24H28F3NO2. The van der Waals surface area contributed by atoms with E-state index >= 15 is 0 Å². The molecule has 2 fully saturated rings. The van der Waals surface area contributed by atoms with Crippen LogP contribution in [0.25, 0.3) is 0 Å². The van der Waals surface area contributed by atoms with Crippen LogP contribution in [-0.2, 0) is 9.53 Å². The fourth-order valence-corrected chi connectivity index (χ4v) is 4.72. The summed E-state index contributed by atoms with van der Waals surface area (Å²) in [6.07, 6.45) is 9.11. The maximum atomic E-state index is 13.5.